The highest BCUT2D eigenvalue weighted by atomic mass is 15.1. The molecule has 4 nitrogen and oxygen atoms in total. The Labute approximate surface area is 178 Å². The van der Waals surface area contributed by atoms with Crippen molar-refractivity contribution in [2.75, 3.05) is 31.4 Å². The van der Waals surface area contributed by atoms with Gasteiger partial charge in [0.15, 0.2) is 0 Å². The van der Waals surface area contributed by atoms with Crippen molar-refractivity contribution in [3.8, 4) is 0 Å². The van der Waals surface area contributed by atoms with Crippen LogP contribution >= 0.6 is 0 Å². The van der Waals surface area contributed by atoms with Crippen molar-refractivity contribution in [3.05, 3.63) is 96.1 Å². The van der Waals surface area contributed by atoms with Gasteiger partial charge in [0, 0.05) is 50.0 Å². The standard InChI is InChI=1S/C26H28N4/c1-29(2)25-17-26(28-24-12-8-7-11-23(24)25)27-22-15-13-21(14-16-22)19-30(3)18-20-9-5-4-6-10-20/h4-17H,18-19H2,1-3H3,(H,27,28). The topological polar surface area (TPSA) is 31.4 Å². The molecule has 0 atom stereocenters. The first-order valence-electron chi connectivity index (χ1n) is 10.2. The molecule has 0 aliphatic heterocycles. The molecule has 0 amide bonds. The van der Waals surface area contributed by atoms with Gasteiger partial charge in [0.25, 0.3) is 0 Å². The van der Waals surface area contributed by atoms with Crippen molar-refractivity contribution in [2.45, 2.75) is 13.1 Å². The lowest BCUT2D eigenvalue weighted by molar-refractivity contribution is 0.319. The number of rotatable bonds is 7. The SMILES string of the molecule is CN(Cc1ccccc1)Cc1ccc(Nc2cc(N(C)C)c3ccccc3n2)cc1. The van der Waals surface area contributed by atoms with Crippen LogP contribution in [0.4, 0.5) is 17.2 Å². The lowest BCUT2D eigenvalue weighted by Gasteiger charge is -2.18. The molecular formula is C26H28N4. The molecule has 1 N–H and O–H groups in total. The largest absolute Gasteiger partial charge is 0.377 e. The van der Waals surface area contributed by atoms with Gasteiger partial charge in [-0.25, -0.2) is 4.98 Å². The summed E-state index contributed by atoms with van der Waals surface area (Å²) < 4.78 is 0. The van der Waals surface area contributed by atoms with E-state index in [4.69, 9.17) is 4.98 Å². The van der Waals surface area contributed by atoms with E-state index >= 15 is 0 Å². The molecule has 152 valence electrons. The summed E-state index contributed by atoms with van der Waals surface area (Å²) in [6.45, 7) is 1.85. The van der Waals surface area contributed by atoms with E-state index in [0.717, 1.165) is 41.2 Å². The van der Waals surface area contributed by atoms with Gasteiger partial charge in [0.05, 0.1) is 5.52 Å². The second kappa shape index (κ2) is 8.97. The summed E-state index contributed by atoms with van der Waals surface area (Å²) in [5.41, 5.74) is 5.81. The van der Waals surface area contributed by atoms with E-state index in [0.29, 0.717) is 0 Å². The predicted octanol–water partition coefficient (Wildman–Crippen LogP) is 5.68. The summed E-state index contributed by atoms with van der Waals surface area (Å²) in [6.07, 6.45) is 0. The average Bonchev–Trinajstić information content (AvgIpc) is 2.75. The first-order chi connectivity index (χ1) is 14.6. The van der Waals surface area contributed by atoms with Gasteiger partial charge in [-0.15, -0.1) is 0 Å². The van der Waals surface area contributed by atoms with Crippen LogP contribution in [0.1, 0.15) is 11.1 Å². The van der Waals surface area contributed by atoms with Gasteiger partial charge < -0.3 is 10.2 Å². The van der Waals surface area contributed by atoms with E-state index in [-0.39, 0.29) is 0 Å². The minimum absolute atomic E-state index is 0.853. The summed E-state index contributed by atoms with van der Waals surface area (Å²) >= 11 is 0. The Morgan fingerprint density at radius 2 is 1.37 bits per heavy atom. The van der Waals surface area contributed by atoms with Crippen LogP contribution in [-0.2, 0) is 13.1 Å². The van der Waals surface area contributed by atoms with Gasteiger partial charge in [0.1, 0.15) is 5.82 Å². The third kappa shape index (κ3) is 4.78. The fourth-order valence-electron chi connectivity index (χ4n) is 3.70. The number of hydrogen-bond donors (Lipinski definition) is 1. The maximum Gasteiger partial charge on any atom is 0.133 e. The molecule has 0 radical (unpaired) electrons. The van der Waals surface area contributed by atoms with Crippen LogP contribution in [0.3, 0.4) is 0 Å². The van der Waals surface area contributed by atoms with Crippen LogP contribution in [0.5, 0.6) is 0 Å². The number of pyridine rings is 1. The summed E-state index contributed by atoms with van der Waals surface area (Å²) in [7, 11) is 6.28. The third-order valence-electron chi connectivity index (χ3n) is 5.15. The first kappa shape index (κ1) is 19.9. The summed E-state index contributed by atoms with van der Waals surface area (Å²) in [5, 5.41) is 4.62. The first-order valence-corrected chi connectivity index (χ1v) is 10.2. The predicted molar refractivity (Wildman–Crippen MR) is 127 cm³/mol. The lowest BCUT2D eigenvalue weighted by atomic mass is 10.1. The molecule has 4 rings (SSSR count). The summed E-state index contributed by atoms with van der Waals surface area (Å²) in [6, 6.07) is 29.5. The molecule has 3 aromatic carbocycles. The molecule has 0 saturated heterocycles. The van der Waals surface area contributed by atoms with E-state index in [1.807, 2.05) is 6.07 Å². The van der Waals surface area contributed by atoms with Crippen LogP contribution in [0.25, 0.3) is 10.9 Å². The van der Waals surface area contributed by atoms with Crippen LogP contribution in [0.15, 0.2) is 84.9 Å². The summed E-state index contributed by atoms with van der Waals surface area (Å²) in [4.78, 5) is 9.24. The Kier molecular flexibility index (Phi) is 5.96. The van der Waals surface area contributed by atoms with Crippen molar-refractivity contribution in [1.29, 1.82) is 0 Å². The van der Waals surface area contributed by atoms with E-state index in [2.05, 4.69) is 115 Å². The normalized spacial score (nSPS) is 11.1. The second-order valence-electron chi connectivity index (χ2n) is 7.92. The maximum atomic E-state index is 4.79. The summed E-state index contributed by atoms with van der Waals surface area (Å²) in [5.74, 6) is 0.853. The number of hydrogen-bond acceptors (Lipinski definition) is 4. The number of aromatic nitrogens is 1. The number of nitrogens with zero attached hydrogens (tertiary/aromatic N) is 3. The highest BCUT2D eigenvalue weighted by Gasteiger charge is 2.08. The second-order valence-corrected chi connectivity index (χ2v) is 7.92. The van der Waals surface area contributed by atoms with Gasteiger partial charge >= 0.3 is 0 Å². The Morgan fingerprint density at radius 1 is 0.733 bits per heavy atom. The minimum Gasteiger partial charge on any atom is -0.377 e. The smallest absolute Gasteiger partial charge is 0.133 e. The van der Waals surface area contributed by atoms with Crippen LogP contribution in [-0.4, -0.2) is 31.0 Å². The highest BCUT2D eigenvalue weighted by molar-refractivity contribution is 5.93. The Balaban J connectivity index is 1.46. The molecular weight excluding hydrogens is 368 g/mol. The molecule has 1 heterocycles. The third-order valence-corrected chi connectivity index (χ3v) is 5.15. The highest BCUT2D eigenvalue weighted by Crippen LogP contribution is 2.28. The fraction of sp³-hybridized carbons (Fsp3) is 0.192. The fourth-order valence-corrected chi connectivity index (χ4v) is 3.70. The minimum atomic E-state index is 0.853. The van der Waals surface area contributed by atoms with Crippen molar-refractivity contribution in [2.24, 2.45) is 0 Å². The molecule has 0 unspecified atom stereocenters. The van der Waals surface area contributed by atoms with E-state index in [1.54, 1.807) is 0 Å². The number of anilines is 3. The van der Waals surface area contributed by atoms with Crippen molar-refractivity contribution < 1.29 is 0 Å². The van der Waals surface area contributed by atoms with Crippen LogP contribution in [0, 0.1) is 0 Å². The molecule has 30 heavy (non-hydrogen) atoms. The number of nitrogens with one attached hydrogen (secondary N) is 1. The molecule has 0 fully saturated rings. The average molecular weight is 397 g/mol. The zero-order valence-corrected chi connectivity index (χ0v) is 17.8. The van der Waals surface area contributed by atoms with Crippen LogP contribution in [0.2, 0.25) is 0 Å². The van der Waals surface area contributed by atoms with E-state index < -0.39 is 0 Å². The molecule has 0 saturated carbocycles. The Bertz CT molecular complexity index is 1100. The van der Waals surface area contributed by atoms with Gasteiger partial charge in [0.2, 0.25) is 0 Å². The number of fused-ring (bicyclic) bond motifs is 1. The molecule has 0 bridgehead atoms. The molecule has 0 spiro atoms. The van der Waals surface area contributed by atoms with Gasteiger partial charge in [-0.3, -0.25) is 4.90 Å². The van der Waals surface area contributed by atoms with Crippen molar-refractivity contribution >= 4 is 28.1 Å². The van der Waals surface area contributed by atoms with E-state index in [1.165, 1.54) is 11.1 Å². The van der Waals surface area contributed by atoms with Gasteiger partial charge in [-0.05, 0) is 36.4 Å². The van der Waals surface area contributed by atoms with E-state index in [9.17, 15) is 0 Å². The molecule has 0 aliphatic rings. The van der Waals surface area contributed by atoms with Crippen molar-refractivity contribution in [1.82, 2.24) is 9.88 Å². The van der Waals surface area contributed by atoms with Gasteiger partial charge in [-0.2, -0.15) is 0 Å². The zero-order valence-electron chi connectivity index (χ0n) is 17.8. The quantitative estimate of drug-likeness (QED) is 0.436. The molecule has 1 aromatic heterocycles. The monoisotopic (exact) mass is 396 g/mol. The maximum absolute atomic E-state index is 4.79. The van der Waals surface area contributed by atoms with Crippen LogP contribution < -0.4 is 10.2 Å². The number of benzene rings is 3. The lowest BCUT2D eigenvalue weighted by Crippen LogP contribution is -2.17. The Morgan fingerprint density at radius 3 is 2.07 bits per heavy atom. The van der Waals surface area contributed by atoms with Crippen molar-refractivity contribution in [3.63, 3.8) is 0 Å². The van der Waals surface area contributed by atoms with Gasteiger partial charge in [-0.1, -0.05) is 60.7 Å². The molecule has 0 aliphatic carbocycles. The molecule has 4 aromatic rings. The molecule has 4 heteroatoms. The zero-order chi connectivity index (χ0) is 20.9. The number of para-hydroxylation sites is 1. The Hall–Kier alpha value is -3.37.